The second kappa shape index (κ2) is 10.6. The van der Waals surface area contributed by atoms with Crippen molar-refractivity contribution >= 4 is 27.3 Å². The van der Waals surface area contributed by atoms with Gasteiger partial charge in [0.2, 0.25) is 15.2 Å². The van der Waals surface area contributed by atoms with E-state index in [1.165, 1.54) is 17.5 Å². The molecule has 216 valence electrons. The quantitative estimate of drug-likeness (QED) is 0.217. The second-order valence-electron chi connectivity index (χ2n) is 10.2. The van der Waals surface area contributed by atoms with Gasteiger partial charge in [-0.05, 0) is 80.1 Å². The van der Waals surface area contributed by atoms with Crippen LogP contribution in [0.4, 0.5) is 8.78 Å². The predicted octanol–water partition coefficient (Wildman–Crippen LogP) is 5.73. The summed E-state index contributed by atoms with van der Waals surface area (Å²) in [5, 5.41) is 21.2. The Labute approximate surface area is 243 Å². The largest absolute Gasteiger partial charge is 0.476 e. The van der Waals surface area contributed by atoms with Crippen molar-refractivity contribution in [1.82, 2.24) is 14.8 Å². The van der Waals surface area contributed by atoms with E-state index in [0.717, 1.165) is 42.0 Å². The van der Waals surface area contributed by atoms with Crippen LogP contribution in [-0.4, -0.2) is 34.3 Å². The monoisotopic (exact) mass is 610 g/mol. The Morgan fingerprint density at radius 3 is 2.55 bits per heavy atom. The maximum atomic E-state index is 15.0. The smallest absolute Gasteiger partial charge is 0.355 e. The first-order chi connectivity index (χ1) is 20.0. The Morgan fingerprint density at radius 1 is 1.14 bits per heavy atom. The number of nitrogens with zero attached hydrogens (tertiary/aromatic N) is 3. The summed E-state index contributed by atoms with van der Waals surface area (Å²) in [7, 11) is -4.25. The molecule has 42 heavy (non-hydrogen) atoms. The highest BCUT2D eigenvalue weighted by molar-refractivity contribution is 7.89. The van der Waals surface area contributed by atoms with E-state index in [9.17, 15) is 27.1 Å². The van der Waals surface area contributed by atoms with Gasteiger partial charge in [0.05, 0.1) is 17.0 Å². The van der Waals surface area contributed by atoms with Crippen LogP contribution < -0.4 is 5.14 Å². The Kier molecular flexibility index (Phi) is 7.03. The van der Waals surface area contributed by atoms with Crippen molar-refractivity contribution in [3.8, 4) is 27.7 Å². The van der Waals surface area contributed by atoms with Crippen LogP contribution in [0, 0.1) is 24.5 Å². The molecule has 1 fully saturated rings. The molecular weight excluding hydrogens is 586 g/mol. The number of nitrogens with two attached hydrogens (primary N) is 1. The number of sulfonamides is 1. The molecule has 13 heteroatoms. The van der Waals surface area contributed by atoms with E-state index in [4.69, 9.17) is 14.7 Å². The molecule has 0 aliphatic heterocycles. The number of halogens is 2. The predicted molar refractivity (Wildman–Crippen MR) is 151 cm³/mol. The first-order valence-electron chi connectivity index (χ1n) is 13.0. The molecule has 3 N–H and O–H groups in total. The lowest BCUT2D eigenvalue weighted by molar-refractivity contribution is 0.0691. The Balaban J connectivity index is 1.54. The van der Waals surface area contributed by atoms with Crippen molar-refractivity contribution in [2.45, 2.75) is 37.5 Å². The molecule has 2 aromatic carbocycles. The molecule has 9 nitrogen and oxygen atoms in total. The zero-order chi connectivity index (χ0) is 29.8. The molecule has 1 aliphatic rings. The fourth-order valence-corrected chi connectivity index (χ4v) is 6.22. The van der Waals surface area contributed by atoms with Gasteiger partial charge in [0.1, 0.15) is 28.1 Å². The Morgan fingerprint density at radius 2 is 1.93 bits per heavy atom. The number of furan rings is 1. The maximum Gasteiger partial charge on any atom is 0.355 e. The van der Waals surface area contributed by atoms with Crippen molar-refractivity contribution in [2.75, 3.05) is 0 Å². The lowest BCUT2D eigenvalue weighted by Crippen LogP contribution is -2.14. The van der Waals surface area contributed by atoms with Crippen LogP contribution in [-0.2, 0) is 22.9 Å². The van der Waals surface area contributed by atoms with Crippen LogP contribution in [0.3, 0.4) is 0 Å². The fraction of sp³-hybridized carbons (Fsp3) is 0.207. The topological polar surface area (TPSA) is 141 Å². The normalized spacial score (nSPS) is 13.5. The van der Waals surface area contributed by atoms with Crippen LogP contribution in [0.2, 0.25) is 0 Å². The van der Waals surface area contributed by atoms with Crippen LogP contribution in [0.5, 0.6) is 0 Å². The van der Waals surface area contributed by atoms with Crippen LogP contribution in [0.25, 0.3) is 27.7 Å². The van der Waals surface area contributed by atoms with Crippen molar-refractivity contribution < 1.29 is 31.5 Å². The second-order valence-corrected chi connectivity index (χ2v) is 12.6. The average molecular weight is 611 g/mol. The number of carboxylic acids is 1. The highest BCUT2D eigenvalue weighted by Crippen LogP contribution is 2.39. The number of hydrogen-bond donors (Lipinski definition) is 2. The molecule has 1 aliphatic carbocycles. The van der Waals surface area contributed by atoms with E-state index < -0.39 is 32.5 Å². The van der Waals surface area contributed by atoms with E-state index in [0.29, 0.717) is 51.4 Å². The first kappa shape index (κ1) is 27.9. The summed E-state index contributed by atoms with van der Waals surface area (Å²) >= 11 is 1.12. The summed E-state index contributed by atoms with van der Waals surface area (Å²) in [5.74, 6) is -1.29. The number of carbonyl (C=O) groups is 1. The van der Waals surface area contributed by atoms with Crippen molar-refractivity contribution in [3.05, 3.63) is 93.8 Å². The molecule has 1 saturated carbocycles. The number of aromatic nitrogens is 3. The molecule has 0 radical (unpaired) electrons. The van der Waals surface area contributed by atoms with E-state index in [2.05, 4.69) is 4.98 Å². The molecule has 6 rings (SSSR count). The van der Waals surface area contributed by atoms with Gasteiger partial charge in [-0.25, -0.2) is 36.8 Å². The van der Waals surface area contributed by atoms with E-state index >= 15 is 0 Å². The maximum absolute atomic E-state index is 15.0. The number of carboxylic acid groups (broad SMARTS) is 1. The third kappa shape index (κ3) is 5.50. The number of aromatic carboxylic acids is 1. The summed E-state index contributed by atoms with van der Waals surface area (Å²) in [6.45, 7) is 1.76. The van der Waals surface area contributed by atoms with E-state index in [-0.39, 0.29) is 17.7 Å². The van der Waals surface area contributed by atoms with Gasteiger partial charge in [-0.3, -0.25) is 0 Å². The number of primary sulfonamides is 1. The minimum atomic E-state index is -4.25. The standard InChI is InChI=1S/C29H24F2N4O5S2/c1-15-2-8-25(40-15)19-13-18(6-7-21(19)30)27-20(10-17-5-9-26(22(31)11-17)42(32,38)39)24(12-16-3-4-16)35(34-27)29-33-23(14-41-29)28(36)37/h2,5-9,11,13-14,16H,3-4,10,12H2,1H3,(H,36,37)(H2,32,38,39). The van der Waals surface area contributed by atoms with Crippen LogP contribution in [0.1, 0.15) is 45.9 Å². The van der Waals surface area contributed by atoms with E-state index in [1.54, 1.807) is 35.9 Å². The Hall–Kier alpha value is -4.20. The van der Waals surface area contributed by atoms with Gasteiger partial charge in [-0.15, -0.1) is 11.3 Å². The lowest BCUT2D eigenvalue weighted by atomic mass is 9.96. The number of hydrogen-bond acceptors (Lipinski definition) is 7. The van der Waals surface area contributed by atoms with Gasteiger partial charge >= 0.3 is 5.97 Å². The SMILES string of the molecule is Cc1ccc(-c2cc(-c3nn(-c4nc(C(=O)O)cs4)c(CC4CC4)c3Cc3ccc(S(N)(=O)=O)c(F)c3)ccc2F)o1. The van der Waals surface area contributed by atoms with Gasteiger partial charge in [0, 0.05) is 22.9 Å². The summed E-state index contributed by atoms with van der Waals surface area (Å²) in [4.78, 5) is 15.2. The molecule has 0 unspecified atom stereocenters. The molecule has 3 aromatic heterocycles. The molecule has 0 amide bonds. The Bertz CT molecular complexity index is 1960. The highest BCUT2D eigenvalue weighted by atomic mass is 32.2. The van der Waals surface area contributed by atoms with Gasteiger partial charge in [-0.1, -0.05) is 6.07 Å². The number of rotatable bonds is 9. The van der Waals surface area contributed by atoms with Gasteiger partial charge in [-0.2, -0.15) is 5.10 Å². The van der Waals surface area contributed by atoms with Crippen molar-refractivity contribution in [1.29, 1.82) is 0 Å². The number of thiazole rings is 1. The number of benzene rings is 2. The summed E-state index contributed by atoms with van der Waals surface area (Å²) in [6.07, 6.45) is 2.78. The average Bonchev–Trinajstić information content (AvgIpc) is 3.27. The molecule has 0 atom stereocenters. The third-order valence-corrected chi connectivity index (χ3v) is 8.85. The van der Waals surface area contributed by atoms with Gasteiger partial charge in [0.25, 0.3) is 0 Å². The molecule has 0 saturated heterocycles. The summed E-state index contributed by atoms with van der Waals surface area (Å²) in [6, 6.07) is 11.7. The van der Waals surface area contributed by atoms with Crippen LogP contribution >= 0.6 is 11.3 Å². The van der Waals surface area contributed by atoms with Gasteiger partial charge < -0.3 is 9.52 Å². The molecule has 5 aromatic rings. The zero-order valence-electron chi connectivity index (χ0n) is 22.2. The summed E-state index contributed by atoms with van der Waals surface area (Å²) in [5.41, 5.74) is 3.06. The summed E-state index contributed by atoms with van der Waals surface area (Å²) < 4.78 is 60.6. The van der Waals surface area contributed by atoms with E-state index in [1.807, 2.05) is 0 Å². The molecule has 0 bridgehead atoms. The van der Waals surface area contributed by atoms with Crippen molar-refractivity contribution in [2.24, 2.45) is 11.1 Å². The zero-order valence-corrected chi connectivity index (χ0v) is 23.8. The molecule has 3 heterocycles. The minimum absolute atomic E-state index is 0.121. The third-order valence-electron chi connectivity index (χ3n) is 7.09. The minimum Gasteiger partial charge on any atom is -0.476 e. The molecular formula is C29H24F2N4O5S2. The highest BCUT2D eigenvalue weighted by Gasteiger charge is 2.30. The lowest BCUT2D eigenvalue weighted by Gasteiger charge is -2.10. The number of aryl methyl sites for hydroxylation is 1. The first-order valence-corrected chi connectivity index (χ1v) is 15.4. The molecule has 0 spiro atoms. The van der Waals surface area contributed by atoms with Gasteiger partial charge in [0.15, 0.2) is 5.69 Å². The fourth-order valence-electron chi connectivity index (χ4n) is 4.86. The van der Waals surface area contributed by atoms with Crippen LogP contribution in [0.15, 0.2) is 63.2 Å². The van der Waals surface area contributed by atoms with Crippen molar-refractivity contribution in [3.63, 3.8) is 0 Å².